The number of methoxy groups -OCH3 is 1. The van der Waals surface area contributed by atoms with E-state index in [1.807, 2.05) is 30.5 Å². The molecule has 0 aromatic heterocycles. The van der Waals surface area contributed by atoms with E-state index in [-0.39, 0.29) is 6.04 Å². The Morgan fingerprint density at radius 2 is 1.63 bits per heavy atom. The van der Waals surface area contributed by atoms with Gasteiger partial charge in [0, 0.05) is 13.3 Å². The highest BCUT2D eigenvalue weighted by atomic mass is 16.5. The lowest BCUT2D eigenvalue weighted by atomic mass is 10.1. The summed E-state index contributed by atoms with van der Waals surface area (Å²) in [6.07, 6.45) is 2.82. The first-order valence-electron chi connectivity index (χ1n) is 6.49. The molecule has 19 heavy (non-hydrogen) atoms. The van der Waals surface area contributed by atoms with Gasteiger partial charge in [-0.3, -0.25) is 4.99 Å². The molecule has 0 fully saturated rings. The average Bonchev–Trinajstić information content (AvgIpc) is 2.47. The lowest BCUT2D eigenvalue weighted by Crippen LogP contribution is -2.15. The third kappa shape index (κ3) is 4.68. The van der Waals surface area contributed by atoms with Crippen molar-refractivity contribution >= 4 is 6.21 Å². The van der Waals surface area contributed by atoms with Gasteiger partial charge < -0.3 is 4.74 Å². The molecule has 2 nitrogen and oxygen atoms in total. The number of hydrogen-bond donors (Lipinski definition) is 0. The van der Waals surface area contributed by atoms with Crippen LogP contribution in [-0.4, -0.2) is 26.0 Å². The first-order valence-corrected chi connectivity index (χ1v) is 6.49. The van der Waals surface area contributed by atoms with Crippen LogP contribution in [0.25, 0.3) is 0 Å². The minimum Gasteiger partial charge on any atom is -0.382 e. The first-order chi connectivity index (χ1) is 9.38. The maximum absolute atomic E-state index is 5.25. The van der Waals surface area contributed by atoms with E-state index in [0.717, 1.165) is 12.0 Å². The van der Waals surface area contributed by atoms with Crippen LogP contribution >= 0.6 is 0 Å². The van der Waals surface area contributed by atoms with Crippen molar-refractivity contribution in [2.45, 2.75) is 12.5 Å². The van der Waals surface area contributed by atoms with E-state index in [0.29, 0.717) is 6.61 Å². The Morgan fingerprint density at radius 3 is 2.26 bits per heavy atom. The van der Waals surface area contributed by atoms with Crippen LogP contribution in [0.3, 0.4) is 0 Å². The SMILES string of the molecule is COC[C@@H](Cc1ccccc1)N=Cc1ccccc1. The highest BCUT2D eigenvalue weighted by Gasteiger charge is 2.06. The van der Waals surface area contributed by atoms with Crippen molar-refractivity contribution in [3.63, 3.8) is 0 Å². The van der Waals surface area contributed by atoms with Gasteiger partial charge in [-0.15, -0.1) is 0 Å². The van der Waals surface area contributed by atoms with Crippen LogP contribution in [0.4, 0.5) is 0 Å². The molecule has 0 bridgehead atoms. The standard InChI is InChI=1S/C17H19NO/c1-19-14-17(12-15-8-4-2-5-9-15)18-13-16-10-6-3-7-11-16/h2-11,13,17H,12,14H2,1H3/t17-/m1/s1. The number of benzene rings is 2. The Bertz CT molecular complexity index is 493. The minimum atomic E-state index is 0.160. The van der Waals surface area contributed by atoms with Crippen molar-refractivity contribution in [1.82, 2.24) is 0 Å². The van der Waals surface area contributed by atoms with Crippen molar-refractivity contribution < 1.29 is 4.74 Å². The Morgan fingerprint density at radius 1 is 1.00 bits per heavy atom. The summed E-state index contributed by atoms with van der Waals surface area (Å²) in [5.74, 6) is 0. The van der Waals surface area contributed by atoms with Gasteiger partial charge >= 0.3 is 0 Å². The normalized spacial score (nSPS) is 12.7. The molecule has 2 aromatic carbocycles. The third-order valence-electron chi connectivity index (χ3n) is 2.91. The van der Waals surface area contributed by atoms with Gasteiger partial charge in [-0.1, -0.05) is 60.7 Å². The molecule has 0 saturated carbocycles. The van der Waals surface area contributed by atoms with E-state index in [2.05, 4.69) is 41.4 Å². The minimum absolute atomic E-state index is 0.160. The molecule has 2 rings (SSSR count). The van der Waals surface area contributed by atoms with Gasteiger partial charge in [0.25, 0.3) is 0 Å². The summed E-state index contributed by atoms with van der Waals surface area (Å²) in [7, 11) is 1.72. The number of aliphatic imine (C=N–C) groups is 1. The number of nitrogens with zero attached hydrogens (tertiary/aromatic N) is 1. The smallest absolute Gasteiger partial charge is 0.0773 e. The van der Waals surface area contributed by atoms with E-state index >= 15 is 0 Å². The lowest BCUT2D eigenvalue weighted by Gasteiger charge is -2.11. The fraction of sp³-hybridized carbons (Fsp3) is 0.235. The van der Waals surface area contributed by atoms with Crippen molar-refractivity contribution in [1.29, 1.82) is 0 Å². The van der Waals surface area contributed by atoms with Crippen molar-refractivity contribution in [3.8, 4) is 0 Å². The van der Waals surface area contributed by atoms with E-state index in [9.17, 15) is 0 Å². The molecule has 0 aliphatic rings. The number of hydrogen-bond acceptors (Lipinski definition) is 2. The van der Waals surface area contributed by atoms with Gasteiger partial charge in [-0.05, 0) is 17.5 Å². The molecule has 0 spiro atoms. The van der Waals surface area contributed by atoms with Gasteiger partial charge in [0.05, 0.1) is 12.6 Å². The summed E-state index contributed by atoms with van der Waals surface area (Å²) >= 11 is 0. The van der Waals surface area contributed by atoms with Crippen LogP contribution in [0.2, 0.25) is 0 Å². The molecule has 0 N–H and O–H groups in total. The molecule has 0 aliphatic carbocycles. The Hall–Kier alpha value is -1.93. The zero-order chi connectivity index (χ0) is 13.3. The van der Waals surface area contributed by atoms with Crippen LogP contribution in [0.15, 0.2) is 65.7 Å². The number of ether oxygens (including phenoxy) is 1. The molecule has 2 aromatic rings. The number of rotatable bonds is 6. The molecule has 0 unspecified atom stereocenters. The van der Waals surface area contributed by atoms with Crippen LogP contribution in [0.5, 0.6) is 0 Å². The molecule has 98 valence electrons. The highest BCUT2D eigenvalue weighted by molar-refractivity contribution is 5.79. The fourth-order valence-electron chi connectivity index (χ4n) is 1.96. The summed E-state index contributed by atoms with van der Waals surface area (Å²) < 4.78 is 5.25. The molecular formula is C17H19NO. The van der Waals surface area contributed by atoms with E-state index < -0.39 is 0 Å². The third-order valence-corrected chi connectivity index (χ3v) is 2.91. The molecule has 0 saturated heterocycles. The Labute approximate surface area is 114 Å². The zero-order valence-electron chi connectivity index (χ0n) is 11.2. The van der Waals surface area contributed by atoms with E-state index in [4.69, 9.17) is 4.74 Å². The van der Waals surface area contributed by atoms with Crippen molar-refractivity contribution in [2.75, 3.05) is 13.7 Å². The first kappa shape index (κ1) is 13.5. The maximum atomic E-state index is 5.25. The van der Waals surface area contributed by atoms with E-state index in [1.165, 1.54) is 5.56 Å². The van der Waals surface area contributed by atoms with Crippen LogP contribution in [0.1, 0.15) is 11.1 Å². The molecular weight excluding hydrogens is 234 g/mol. The summed E-state index contributed by atoms with van der Waals surface area (Å²) in [6, 6.07) is 20.7. The molecule has 1 atom stereocenters. The van der Waals surface area contributed by atoms with Crippen molar-refractivity contribution in [2.24, 2.45) is 4.99 Å². The van der Waals surface area contributed by atoms with E-state index in [1.54, 1.807) is 7.11 Å². The zero-order valence-corrected chi connectivity index (χ0v) is 11.2. The maximum Gasteiger partial charge on any atom is 0.0773 e. The predicted octanol–water partition coefficient (Wildman–Crippen LogP) is 3.36. The summed E-state index contributed by atoms with van der Waals surface area (Å²) in [4.78, 5) is 4.63. The fourth-order valence-corrected chi connectivity index (χ4v) is 1.96. The second-order valence-electron chi connectivity index (χ2n) is 4.49. The van der Waals surface area contributed by atoms with Crippen LogP contribution in [0, 0.1) is 0 Å². The molecule has 0 aliphatic heterocycles. The molecule has 0 radical (unpaired) electrons. The Balaban J connectivity index is 2.02. The van der Waals surface area contributed by atoms with Gasteiger partial charge in [0.2, 0.25) is 0 Å². The molecule has 2 heteroatoms. The molecule has 0 amide bonds. The second-order valence-corrected chi connectivity index (χ2v) is 4.49. The largest absolute Gasteiger partial charge is 0.382 e. The van der Waals surface area contributed by atoms with Gasteiger partial charge in [0.1, 0.15) is 0 Å². The Kier molecular flexibility index (Phi) is 5.32. The second kappa shape index (κ2) is 7.49. The molecule has 0 heterocycles. The van der Waals surface area contributed by atoms with Gasteiger partial charge in [-0.2, -0.15) is 0 Å². The van der Waals surface area contributed by atoms with Crippen molar-refractivity contribution in [3.05, 3.63) is 71.8 Å². The topological polar surface area (TPSA) is 21.6 Å². The van der Waals surface area contributed by atoms with Crippen LogP contribution in [-0.2, 0) is 11.2 Å². The van der Waals surface area contributed by atoms with Crippen LogP contribution < -0.4 is 0 Å². The summed E-state index contributed by atoms with van der Waals surface area (Å²) in [5, 5.41) is 0. The quantitative estimate of drug-likeness (QED) is 0.723. The monoisotopic (exact) mass is 253 g/mol. The lowest BCUT2D eigenvalue weighted by molar-refractivity contribution is 0.181. The summed E-state index contributed by atoms with van der Waals surface area (Å²) in [5.41, 5.74) is 2.41. The predicted molar refractivity (Wildman–Crippen MR) is 79.8 cm³/mol. The highest BCUT2D eigenvalue weighted by Crippen LogP contribution is 2.07. The average molecular weight is 253 g/mol. The summed E-state index contributed by atoms with van der Waals surface area (Å²) in [6.45, 7) is 0.637. The van der Waals surface area contributed by atoms with Gasteiger partial charge in [-0.25, -0.2) is 0 Å². The van der Waals surface area contributed by atoms with Gasteiger partial charge in [0.15, 0.2) is 0 Å².